The summed E-state index contributed by atoms with van der Waals surface area (Å²) in [7, 11) is 3.15. The van der Waals surface area contributed by atoms with Crippen molar-refractivity contribution in [1.29, 1.82) is 0 Å². The summed E-state index contributed by atoms with van der Waals surface area (Å²) < 4.78 is 21.2. The van der Waals surface area contributed by atoms with E-state index in [1.165, 1.54) is 4.90 Å². The maximum Gasteiger partial charge on any atom is 0.311 e. The van der Waals surface area contributed by atoms with Crippen molar-refractivity contribution in [3.8, 4) is 23.0 Å². The summed E-state index contributed by atoms with van der Waals surface area (Å²) in [5.41, 5.74) is 1.20. The molecule has 1 atom stereocenters. The highest BCUT2D eigenvalue weighted by Crippen LogP contribution is 2.29. The molecule has 0 bridgehead atoms. The standard InChI is InChI=1S/C27H26N2O7/c1-33-21-7-3-19(4-8-21)28-25(30)17-35-27(32)18-15-26(31)29(16-18)20-5-9-23(10-6-20)36-24-13-11-22(34-2)12-14-24/h3-14,18H,15-17H2,1-2H3,(H,28,30)/t18-/m1/s1. The molecule has 0 spiro atoms. The Morgan fingerprint density at radius 2 is 1.36 bits per heavy atom. The molecule has 186 valence electrons. The molecular formula is C27H26N2O7. The van der Waals surface area contributed by atoms with Crippen LogP contribution >= 0.6 is 0 Å². The van der Waals surface area contributed by atoms with E-state index in [0.717, 1.165) is 5.75 Å². The molecule has 1 saturated heterocycles. The van der Waals surface area contributed by atoms with Crippen molar-refractivity contribution >= 4 is 29.2 Å². The van der Waals surface area contributed by atoms with Crippen LogP contribution in [0.1, 0.15) is 6.42 Å². The second-order valence-electron chi connectivity index (χ2n) is 8.06. The number of ether oxygens (including phenoxy) is 4. The molecule has 36 heavy (non-hydrogen) atoms. The van der Waals surface area contributed by atoms with Gasteiger partial charge >= 0.3 is 5.97 Å². The molecule has 4 rings (SSSR count). The predicted molar refractivity (Wildman–Crippen MR) is 133 cm³/mol. The first-order valence-corrected chi connectivity index (χ1v) is 11.3. The molecule has 0 aliphatic carbocycles. The van der Waals surface area contributed by atoms with Gasteiger partial charge in [-0.05, 0) is 72.8 Å². The summed E-state index contributed by atoms with van der Waals surface area (Å²) in [5, 5.41) is 2.64. The van der Waals surface area contributed by atoms with E-state index in [2.05, 4.69) is 5.32 Å². The van der Waals surface area contributed by atoms with Gasteiger partial charge < -0.3 is 29.2 Å². The fourth-order valence-corrected chi connectivity index (χ4v) is 3.71. The minimum absolute atomic E-state index is 0.0169. The van der Waals surface area contributed by atoms with Crippen molar-refractivity contribution in [2.75, 3.05) is 37.6 Å². The summed E-state index contributed by atoms with van der Waals surface area (Å²) in [6.07, 6.45) is 0.0169. The van der Waals surface area contributed by atoms with Crippen molar-refractivity contribution in [3.63, 3.8) is 0 Å². The number of carbonyl (C=O) groups is 3. The third-order valence-corrected chi connectivity index (χ3v) is 5.62. The molecule has 9 heteroatoms. The predicted octanol–water partition coefficient (Wildman–Crippen LogP) is 4.03. The lowest BCUT2D eigenvalue weighted by Gasteiger charge is -2.17. The van der Waals surface area contributed by atoms with Crippen molar-refractivity contribution in [3.05, 3.63) is 72.8 Å². The molecule has 1 N–H and O–H groups in total. The van der Waals surface area contributed by atoms with E-state index >= 15 is 0 Å². The van der Waals surface area contributed by atoms with Crippen molar-refractivity contribution in [2.24, 2.45) is 5.92 Å². The normalized spacial score (nSPS) is 14.8. The molecule has 0 saturated carbocycles. The molecule has 1 heterocycles. The van der Waals surface area contributed by atoms with E-state index in [9.17, 15) is 14.4 Å². The Hall–Kier alpha value is -4.53. The number of benzene rings is 3. The van der Waals surface area contributed by atoms with Crippen LogP contribution in [0.15, 0.2) is 72.8 Å². The van der Waals surface area contributed by atoms with Crippen LogP contribution in [0.4, 0.5) is 11.4 Å². The number of amides is 2. The lowest BCUT2D eigenvalue weighted by molar-refractivity contribution is -0.151. The molecule has 9 nitrogen and oxygen atoms in total. The Morgan fingerprint density at radius 1 is 0.833 bits per heavy atom. The lowest BCUT2D eigenvalue weighted by Crippen LogP contribution is -2.28. The van der Waals surface area contributed by atoms with Crippen LogP contribution in [0.3, 0.4) is 0 Å². The SMILES string of the molecule is COc1ccc(NC(=O)COC(=O)[C@@H]2CC(=O)N(c3ccc(Oc4ccc(OC)cc4)cc3)C2)cc1. The van der Waals surface area contributed by atoms with Gasteiger partial charge in [0.15, 0.2) is 6.61 Å². The highest BCUT2D eigenvalue weighted by atomic mass is 16.5. The smallest absolute Gasteiger partial charge is 0.311 e. The van der Waals surface area contributed by atoms with Crippen LogP contribution in [0.2, 0.25) is 0 Å². The second kappa shape index (κ2) is 11.3. The minimum atomic E-state index is -0.651. The zero-order valence-electron chi connectivity index (χ0n) is 19.9. The summed E-state index contributed by atoms with van der Waals surface area (Å²) in [5.74, 6) is 0.752. The fraction of sp³-hybridized carbons (Fsp3) is 0.222. The maximum absolute atomic E-state index is 12.5. The topological polar surface area (TPSA) is 103 Å². The van der Waals surface area contributed by atoms with Crippen LogP contribution in [-0.2, 0) is 19.1 Å². The van der Waals surface area contributed by atoms with Crippen molar-refractivity contribution in [1.82, 2.24) is 0 Å². The van der Waals surface area contributed by atoms with E-state index < -0.39 is 24.4 Å². The summed E-state index contributed by atoms with van der Waals surface area (Å²) in [4.78, 5) is 38.7. The quantitative estimate of drug-likeness (QED) is 0.452. The van der Waals surface area contributed by atoms with E-state index in [-0.39, 0.29) is 18.9 Å². The number of hydrogen-bond donors (Lipinski definition) is 1. The van der Waals surface area contributed by atoms with Gasteiger partial charge in [0.05, 0.1) is 20.1 Å². The first-order chi connectivity index (χ1) is 17.4. The first kappa shape index (κ1) is 24.6. The summed E-state index contributed by atoms with van der Waals surface area (Å²) in [6.45, 7) is -0.261. The average molecular weight is 491 g/mol. The zero-order chi connectivity index (χ0) is 25.5. The number of carbonyl (C=O) groups excluding carboxylic acids is 3. The van der Waals surface area contributed by atoms with E-state index in [4.69, 9.17) is 18.9 Å². The Labute approximate surface area is 208 Å². The van der Waals surface area contributed by atoms with Gasteiger partial charge in [-0.25, -0.2) is 0 Å². The maximum atomic E-state index is 12.5. The molecule has 0 unspecified atom stereocenters. The van der Waals surface area contributed by atoms with Crippen LogP contribution in [-0.4, -0.2) is 45.2 Å². The van der Waals surface area contributed by atoms with Crippen molar-refractivity contribution in [2.45, 2.75) is 6.42 Å². The number of nitrogens with zero attached hydrogens (tertiary/aromatic N) is 1. The highest BCUT2D eigenvalue weighted by molar-refractivity contribution is 6.00. The fourth-order valence-electron chi connectivity index (χ4n) is 3.71. The van der Waals surface area contributed by atoms with E-state index in [1.54, 1.807) is 87.0 Å². The molecule has 2 amide bonds. The van der Waals surface area contributed by atoms with Crippen molar-refractivity contribution < 1.29 is 33.3 Å². The summed E-state index contributed by atoms with van der Waals surface area (Å²) in [6, 6.07) is 21.0. The number of nitrogens with one attached hydrogen (secondary N) is 1. The second-order valence-corrected chi connectivity index (χ2v) is 8.06. The van der Waals surface area contributed by atoms with E-state index in [1.807, 2.05) is 0 Å². The molecule has 3 aromatic rings. The molecule has 0 radical (unpaired) electrons. The average Bonchev–Trinajstić information content (AvgIpc) is 3.30. The number of methoxy groups -OCH3 is 2. The van der Waals surface area contributed by atoms with Gasteiger partial charge in [0.25, 0.3) is 5.91 Å². The van der Waals surface area contributed by atoms with Gasteiger partial charge in [-0.15, -0.1) is 0 Å². The Balaban J connectivity index is 1.27. The van der Waals surface area contributed by atoms with Gasteiger partial charge in [0, 0.05) is 24.3 Å². The minimum Gasteiger partial charge on any atom is -0.497 e. The molecule has 0 aromatic heterocycles. The molecule has 1 aliphatic heterocycles. The van der Waals surface area contributed by atoms with E-state index in [0.29, 0.717) is 28.6 Å². The number of rotatable bonds is 9. The molecular weight excluding hydrogens is 464 g/mol. The van der Waals surface area contributed by atoms with Crippen LogP contribution in [0.25, 0.3) is 0 Å². The number of esters is 1. The Bertz CT molecular complexity index is 1210. The van der Waals surface area contributed by atoms with Gasteiger partial charge in [-0.1, -0.05) is 0 Å². The number of hydrogen-bond acceptors (Lipinski definition) is 7. The van der Waals surface area contributed by atoms with Gasteiger partial charge in [-0.3, -0.25) is 14.4 Å². The highest BCUT2D eigenvalue weighted by Gasteiger charge is 2.36. The van der Waals surface area contributed by atoms with Gasteiger partial charge in [0.1, 0.15) is 23.0 Å². The largest absolute Gasteiger partial charge is 0.497 e. The molecule has 3 aromatic carbocycles. The number of anilines is 2. The van der Waals surface area contributed by atoms with Gasteiger partial charge in [0.2, 0.25) is 5.91 Å². The van der Waals surface area contributed by atoms with Crippen LogP contribution in [0.5, 0.6) is 23.0 Å². The third-order valence-electron chi connectivity index (χ3n) is 5.62. The molecule has 1 fully saturated rings. The first-order valence-electron chi connectivity index (χ1n) is 11.3. The Morgan fingerprint density at radius 3 is 1.94 bits per heavy atom. The zero-order valence-corrected chi connectivity index (χ0v) is 19.9. The summed E-state index contributed by atoms with van der Waals surface area (Å²) >= 11 is 0. The monoisotopic (exact) mass is 490 g/mol. The molecule has 1 aliphatic rings. The van der Waals surface area contributed by atoms with Crippen LogP contribution < -0.4 is 24.4 Å². The third kappa shape index (κ3) is 6.12. The Kier molecular flexibility index (Phi) is 7.69. The van der Waals surface area contributed by atoms with Crippen LogP contribution in [0, 0.1) is 5.92 Å². The van der Waals surface area contributed by atoms with Gasteiger partial charge in [-0.2, -0.15) is 0 Å². The lowest BCUT2D eigenvalue weighted by atomic mass is 10.1.